The molecular weight excluding hydrogens is 276 g/mol. The molecule has 0 spiro atoms. The summed E-state index contributed by atoms with van der Waals surface area (Å²) in [6.45, 7) is 2.03. The Kier molecular flexibility index (Phi) is 4.01. The molecule has 22 heavy (non-hydrogen) atoms. The lowest BCUT2D eigenvalue weighted by molar-refractivity contribution is 0.414. The van der Waals surface area contributed by atoms with Crippen molar-refractivity contribution in [2.75, 3.05) is 7.11 Å². The molecule has 0 unspecified atom stereocenters. The highest BCUT2D eigenvalue weighted by Crippen LogP contribution is 2.22. The lowest BCUT2D eigenvalue weighted by Gasteiger charge is -2.02. The summed E-state index contributed by atoms with van der Waals surface area (Å²) in [5, 5.41) is 8.13. The van der Waals surface area contributed by atoms with Crippen LogP contribution < -0.4 is 4.74 Å². The topological polar surface area (TPSA) is 48.2 Å². The largest absolute Gasteiger partial charge is 0.496 e. The molecule has 110 valence electrons. The Morgan fingerprint density at radius 1 is 1.00 bits per heavy atom. The highest BCUT2D eigenvalue weighted by molar-refractivity contribution is 5.70. The molecule has 0 radical (unpaired) electrons. The summed E-state index contributed by atoms with van der Waals surface area (Å²) in [5.41, 5.74) is 3.03. The Hall–Kier alpha value is -2.88. The third-order valence-corrected chi connectivity index (χ3v) is 3.25. The molecule has 1 heterocycles. The number of para-hydroxylation sites is 1. The van der Waals surface area contributed by atoms with E-state index in [0.29, 0.717) is 11.8 Å². The van der Waals surface area contributed by atoms with Crippen LogP contribution in [0.1, 0.15) is 17.0 Å². The van der Waals surface area contributed by atoms with Crippen LogP contribution in [-0.2, 0) is 0 Å². The number of rotatable bonds is 4. The number of nitrogens with zero attached hydrogens (tertiary/aromatic N) is 2. The van der Waals surface area contributed by atoms with Crippen molar-refractivity contribution < 1.29 is 9.15 Å². The van der Waals surface area contributed by atoms with Crippen LogP contribution in [0, 0.1) is 6.92 Å². The van der Waals surface area contributed by atoms with Crippen molar-refractivity contribution in [2.24, 2.45) is 0 Å². The standard InChI is InChI=1S/C18H16N2O2/c1-13-6-5-8-15(12-13)18-20-19-17(22-18)11-10-14-7-3-4-9-16(14)21-2/h3-12H,1-2H3/b11-10+. The number of aryl methyl sites for hydroxylation is 1. The van der Waals surface area contributed by atoms with Crippen molar-refractivity contribution in [3.63, 3.8) is 0 Å². The van der Waals surface area contributed by atoms with E-state index in [1.807, 2.05) is 61.5 Å². The van der Waals surface area contributed by atoms with E-state index in [4.69, 9.17) is 9.15 Å². The third kappa shape index (κ3) is 3.06. The minimum Gasteiger partial charge on any atom is -0.496 e. The molecule has 0 saturated heterocycles. The van der Waals surface area contributed by atoms with Gasteiger partial charge in [-0.3, -0.25) is 0 Å². The van der Waals surface area contributed by atoms with Crippen LogP contribution in [-0.4, -0.2) is 17.3 Å². The molecule has 0 bridgehead atoms. The number of hydrogen-bond donors (Lipinski definition) is 0. The van der Waals surface area contributed by atoms with E-state index in [2.05, 4.69) is 10.2 Å². The average Bonchev–Trinajstić information content (AvgIpc) is 3.02. The summed E-state index contributed by atoms with van der Waals surface area (Å²) in [6.07, 6.45) is 3.68. The van der Waals surface area contributed by atoms with Crippen LogP contribution in [0.3, 0.4) is 0 Å². The van der Waals surface area contributed by atoms with Crippen molar-refractivity contribution >= 4 is 12.2 Å². The minimum absolute atomic E-state index is 0.461. The van der Waals surface area contributed by atoms with Gasteiger partial charge in [0.25, 0.3) is 0 Å². The van der Waals surface area contributed by atoms with Gasteiger partial charge in [0.05, 0.1) is 7.11 Å². The van der Waals surface area contributed by atoms with Gasteiger partial charge in [0.15, 0.2) is 0 Å². The first-order chi connectivity index (χ1) is 10.8. The summed E-state index contributed by atoms with van der Waals surface area (Å²) >= 11 is 0. The van der Waals surface area contributed by atoms with Crippen LogP contribution in [0.2, 0.25) is 0 Å². The molecule has 0 N–H and O–H groups in total. The number of hydrogen-bond acceptors (Lipinski definition) is 4. The van der Waals surface area contributed by atoms with Crippen LogP contribution in [0.5, 0.6) is 5.75 Å². The van der Waals surface area contributed by atoms with Crippen molar-refractivity contribution in [1.29, 1.82) is 0 Å². The minimum atomic E-state index is 0.461. The molecule has 0 atom stereocenters. The first kappa shape index (κ1) is 14.1. The molecule has 3 aromatic rings. The van der Waals surface area contributed by atoms with Crippen molar-refractivity contribution in [3.05, 3.63) is 65.5 Å². The first-order valence-corrected chi connectivity index (χ1v) is 6.98. The van der Waals surface area contributed by atoms with E-state index in [1.165, 1.54) is 0 Å². The second kappa shape index (κ2) is 6.26. The second-order valence-corrected chi connectivity index (χ2v) is 4.89. The quantitative estimate of drug-likeness (QED) is 0.722. The van der Waals surface area contributed by atoms with E-state index in [9.17, 15) is 0 Å². The number of methoxy groups -OCH3 is 1. The Bertz CT molecular complexity index is 806. The second-order valence-electron chi connectivity index (χ2n) is 4.89. The summed E-state index contributed by atoms with van der Waals surface area (Å²) in [7, 11) is 1.65. The summed E-state index contributed by atoms with van der Waals surface area (Å²) in [6, 6.07) is 15.7. The molecule has 4 heteroatoms. The monoisotopic (exact) mass is 292 g/mol. The van der Waals surface area contributed by atoms with Gasteiger partial charge in [-0.1, -0.05) is 35.9 Å². The van der Waals surface area contributed by atoms with Gasteiger partial charge < -0.3 is 9.15 Å². The van der Waals surface area contributed by atoms with Gasteiger partial charge in [0.2, 0.25) is 11.8 Å². The third-order valence-electron chi connectivity index (χ3n) is 3.25. The molecule has 0 aliphatic carbocycles. The zero-order valence-corrected chi connectivity index (χ0v) is 12.5. The molecular formula is C18H16N2O2. The van der Waals surface area contributed by atoms with Gasteiger partial charge in [-0.05, 0) is 31.2 Å². The summed E-state index contributed by atoms with van der Waals surface area (Å²) in [5.74, 6) is 1.78. The molecule has 0 aliphatic heterocycles. The van der Waals surface area contributed by atoms with E-state index in [-0.39, 0.29) is 0 Å². The van der Waals surface area contributed by atoms with Gasteiger partial charge in [-0.2, -0.15) is 0 Å². The Labute approximate surface area is 129 Å². The summed E-state index contributed by atoms with van der Waals surface area (Å²) < 4.78 is 11.0. The lowest BCUT2D eigenvalue weighted by atomic mass is 10.1. The van der Waals surface area contributed by atoms with Crippen LogP contribution in [0.25, 0.3) is 23.6 Å². The van der Waals surface area contributed by atoms with Crippen molar-refractivity contribution in [2.45, 2.75) is 6.92 Å². The first-order valence-electron chi connectivity index (χ1n) is 6.98. The highest BCUT2D eigenvalue weighted by atomic mass is 16.5. The van der Waals surface area contributed by atoms with Crippen molar-refractivity contribution in [1.82, 2.24) is 10.2 Å². The molecule has 0 fully saturated rings. The fourth-order valence-electron chi connectivity index (χ4n) is 2.16. The summed E-state index contributed by atoms with van der Waals surface area (Å²) in [4.78, 5) is 0. The van der Waals surface area contributed by atoms with Crippen LogP contribution >= 0.6 is 0 Å². The van der Waals surface area contributed by atoms with E-state index in [0.717, 1.165) is 22.4 Å². The van der Waals surface area contributed by atoms with Gasteiger partial charge >= 0.3 is 0 Å². The average molecular weight is 292 g/mol. The van der Waals surface area contributed by atoms with Gasteiger partial charge in [0, 0.05) is 17.2 Å². The zero-order chi connectivity index (χ0) is 15.4. The fourth-order valence-corrected chi connectivity index (χ4v) is 2.16. The Morgan fingerprint density at radius 2 is 1.86 bits per heavy atom. The number of ether oxygens (including phenoxy) is 1. The predicted molar refractivity (Wildman–Crippen MR) is 86.4 cm³/mol. The Morgan fingerprint density at radius 3 is 2.68 bits per heavy atom. The van der Waals surface area contributed by atoms with Gasteiger partial charge in [-0.25, -0.2) is 0 Å². The number of benzene rings is 2. The van der Waals surface area contributed by atoms with Crippen molar-refractivity contribution in [3.8, 4) is 17.2 Å². The molecule has 2 aromatic carbocycles. The molecule has 4 nitrogen and oxygen atoms in total. The SMILES string of the molecule is COc1ccccc1/C=C/c1nnc(-c2cccc(C)c2)o1. The lowest BCUT2D eigenvalue weighted by Crippen LogP contribution is -1.85. The predicted octanol–water partition coefficient (Wildman–Crippen LogP) is 4.22. The molecule has 0 aliphatic rings. The normalized spacial score (nSPS) is 11.0. The van der Waals surface area contributed by atoms with E-state index >= 15 is 0 Å². The Balaban J connectivity index is 1.84. The van der Waals surface area contributed by atoms with Crippen LogP contribution in [0.15, 0.2) is 52.9 Å². The molecule has 1 aromatic heterocycles. The molecule has 3 rings (SSSR count). The van der Waals surface area contributed by atoms with Gasteiger partial charge in [0.1, 0.15) is 5.75 Å². The molecule has 0 saturated carbocycles. The number of aromatic nitrogens is 2. The van der Waals surface area contributed by atoms with Crippen LogP contribution in [0.4, 0.5) is 0 Å². The highest BCUT2D eigenvalue weighted by Gasteiger charge is 2.06. The zero-order valence-electron chi connectivity index (χ0n) is 12.5. The maximum Gasteiger partial charge on any atom is 0.248 e. The maximum atomic E-state index is 5.67. The van der Waals surface area contributed by atoms with E-state index < -0.39 is 0 Å². The molecule has 0 amide bonds. The fraction of sp³-hybridized carbons (Fsp3) is 0.111. The van der Waals surface area contributed by atoms with Gasteiger partial charge in [-0.15, -0.1) is 10.2 Å². The maximum absolute atomic E-state index is 5.67. The van der Waals surface area contributed by atoms with E-state index in [1.54, 1.807) is 13.2 Å². The smallest absolute Gasteiger partial charge is 0.248 e.